The molecule has 2 aromatic rings. The van der Waals surface area contributed by atoms with E-state index < -0.39 is 0 Å². The van der Waals surface area contributed by atoms with Crippen LogP contribution < -0.4 is 0 Å². The average Bonchev–Trinajstić information content (AvgIpc) is 3.06. The Bertz CT molecular complexity index is 470. The number of ether oxygens (including phenoxy) is 1. The molecule has 6 heteroatoms. The number of hydrogen-bond donors (Lipinski definition) is 1. The molecule has 5 nitrogen and oxygen atoms in total. The summed E-state index contributed by atoms with van der Waals surface area (Å²) >= 11 is 1.63. The smallest absolute Gasteiger partial charge is 0.209 e. The van der Waals surface area contributed by atoms with E-state index in [-0.39, 0.29) is 6.61 Å². The van der Waals surface area contributed by atoms with E-state index in [9.17, 15) is 0 Å². The highest BCUT2D eigenvalue weighted by Gasteiger charge is 2.11. The Morgan fingerprint density at radius 1 is 1.47 bits per heavy atom. The van der Waals surface area contributed by atoms with Gasteiger partial charge in [0.05, 0.1) is 30.8 Å². The summed E-state index contributed by atoms with van der Waals surface area (Å²) in [5.74, 6) is 1.45. The monoisotopic (exact) mass is 282 g/mol. The van der Waals surface area contributed by atoms with Gasteiger partial charge in [-0.25, -0.2) is 4.98 Å². The van der Waals surface area contributed by atoms with Gasteiger partial charge in [0.25, 0.3) is 0 Å². The molecule has 0 aromatic carbocycles. The quantitative estimate of drug-likeness (QED) is 0.800. The van der Waals surface area contributed by atoms with Crippen molar-refractivity contribution in [2.24, 2.45) is 0 Å². The molecule has 0 aliphatic rings. The first-order valence-corrected chi connectivity index (χ1v) is 7.02. The van der Waals surface area contributed by atoms with Crippen LogP contribution in [0, 0.1) is 0 Å². The minimum atomic E-state index is 0.113. The molecular weight excluding hydrogens is 264 g/mol. The van der Waals surface area contributed by atoms with Gasteiger partial charge in [-0.2, -0.15) is 0 Å². The number of aromatic nitrogens is 1. The maximum atomic E-state index is 9.04. The van der Waals surface area contributed by atoms with Crippen molar-refractivity contribution in [3.8, 4) is 10.6 Å². The van der Waals surface area contributed by atoms with E-state index in [2.05, 4.69) is 4.98 Å². The second-order valence-electron chi connectivity index (χ2n) is 4.09. The number of aliphatic hydroxyl groups is 1. The number of oxazole rings is 1. The van der Waals surface area contributed by atoms with Crippen LogP contribution in [0.5, 0.6) is 0 Å². The topological polar surface area (TPSA) is 58.7 Å². The van der Waals surface area contributed by atoms with Gasteiger partial charge in [-0.15, -0.1) is 11.3 Å². The van der Waals surface area contributed by atoms with Gasteiger partial charge in [0, 0.05) is 20.2 Å². The second kappa shape index (κ2) is 7.40. The van der Waals surface area contributed by atoms with Gasteiger partial charge in [0.1, 0.15) is 0 Å². The molecule has 0 saturated heterocycles. The zero-order chi connectivity index (χ0) is 13.5. The Morgan fingerprint density at radius 2 is 2.37 bits per heavy atom. The van der Waals surface area contributed by atoms with Crippen molar-refractivity contribution in [1.29, 1.82) is 0 Å². The number of methoxy groups -OCH3 is 1. The van der Waals surface area contributed by atoms with Crippen molar-refractivity contribution in [2.45, 2.75) is 6.54 Å². The molecule has 0 saturated carbocycles. The van der Waals surface area contributed by atoms with E-state index in [1.807, 2.05) is 22.4 Å². The number of nitrogens with zero attached hydrogens (tertiary/aromatic N) is 2. The predicted molar refractivity (Wildman–Crippen MR) is 74.1 cm³/mol. The van der Waals surface area contributed by atoms with Crippen LogP contribution in [0.2, 0.25) is 0 Å². The second-order valence-corrected chi connectivity index (χ2v) is 5.04. The summed E-state index contributed by atoms with van der Waals surface area (Å²) in [5, 5.41) is 11.0. The number of thiophene rings is 1. The first kappa shape index (κ1) is 14.2. The van der Waals surface area contributed by atoms with Crippen LogP contribution in [0.3, 0.4) is 0 Å². The number of hydrogen-bond acceptors (Lipinski definition) is 6. The van der Waals surface area contributed by atoms with Crippen molar-refractivity contribution >= 4 is 11.3 Å². The first-order valence-electron chi connectivity index (χ1n) is 6.14. The standard InChI is InChI=1S/C13H18N2O3S/c1-17-7-5-15(4-6-16)10-13-14-9-11(18-13)12-3-2-8-19-12/h2-3,8-9,16H,4-7,10H2,1H3. The summed E-state index contributed by atoms with van der Waals surface area (Å²) < 4.78 is 10.8. The summed E-state index contributed by atoms with van der Waals surface area (Å²) in [4.78, 5) is 7.40. The summed E-state index contributed by atoms with van der Waals surface area (Å²) in [7, 11) is 1.66. The molecule has 0 aliphatic carbocycles. The molecule has 2 rings (SSSR count). The summed E-state index contributed by atoms with van der Waals surface area (Å²) in [5.41, 5.74) is 0. The van der Waals surface area contributed by atoms with Crippen molar-refractivity contribution in [3.05, 3.63) is 29.6 Å². The van der Waals surface area contributed by atoms with Gasteiger partial charge < -0.3 is 14.3 Å². The Labute approximate surface area is 116 Å². The molecule has 0 unspecified atom stereocenters. The van der Waals surface area contributed by atoms with Crippen molar-refractivity contribution in [3.63, 3.8) is 0 Å². The highest BCUT2D eigenvalue weighted by Crippen LogP contribution is 2.25. The van der Waals surface area contributed by atoms with Crippen LogP contribution in [0.15, 0.2) is 28.1 Å². The minimum absolute atomic E-state index is 0.113. The van der Waals surface area contributed by atoms with Crippen molar-refractivity contribution < 1.29 is 14.3 Å². The summed E-state index contributed by atoms with van der Waals surface area (Å²) in [6.45, 7) is 2.64. The zero-order valence-corrected chi connectivity index (χ0v) is 11.7. The maximum Gasteiger partial charge on any atom is 0.209 e. The molecule has 0 aliphatic heterocycles. The highest BCUT2D eigenvalue weighted by atomic mass is 32.1. The molecular formula is C13H18N2O3S. The van der Waals surface area contributed by atoms with Crippen LogP contribution >= 0.6 is 11.3 Å². The molecule has 0 amide bonds. The molecule has 0 bridgehead atoms. The molecule has 1 N–H and O–H groups in total. The highest BCUT2D eigenvalue weighted by molar-refractivity contribution is 7.13. The van der Waals surface area contributed by atoms with Crippen LogP contribution in [-0.4, -0.2) is 48.4 Å². The third kappa shape index (κ3) is 4.14. The lowest BCUT2D eigenvalue weighted by Crippen LogP contribution is -2.29. The van der Waals surface area contributed by atoms with Crippen LogP contribution in [0.4, 0.5) is 0 Å². The van der Waals surface area contributed by atoms with E-state index in [0.717, 1.165) is 17.2 Å². The van der Waals surface area contributed by atoms with Crippen LogP contribution in [0.1, 0.15) is 5.89 Å². The molecule has 0 spiro atoms. The Hall–Kier alpha value is -1.21. The molecule has 0 atom stereocenters. The van der Waals surface area contributed by atoms with Gasteiger partial charge in [0.2, 0.25) is 5.89 Å². The van der Waals surface area contributed by atoms with Crippen molar-refractivity contribution in [1.82, 2.24) is 9.88 Å². The summed E-state index contributed by atoms with van der Waals surface area (Å²) in [6.07, 6.45) is 1.74. The largest absolute Gasteiger partial charge is 0.438 e. The fraction of sp³-hybridized carbons (Fsp3) is 0.462. The maximum absolute atomic E-state index is 9.04. The molecule has 2 heterocycles. The molecule has 0 fully saturated rings. The predicted octanol–water partition coefficient (Wildman–Crippen LogP) is 1.84. The number of aliphatic hydroxyl groups excluding tert-OH is 1. The van der Waals surface area contributed by atoms with E-state index >= 15 is 0 Å². The van der Waals surface area contributed by atoms with Crippen molar-refractivity contribution in [2.75, 3.05) is 33.4 Å². The number of rotatable bonds is 8. The first-order chi connectivity index (χ1) is 9.33. The fourth-order valence-electron chi connectivity index (χ4n) is 1.74. The molecule has 2 aromatic heterocycles. The van der Waals surface area contributed by atoms with Gasteiger partial charge in [-0.3, -0.25) is 4.90 Å². The summed E-state index contributed by atoms with van der Waals surface area (Å²) in [6, 6.07) is 3.99. The molecule has 19 heavy (non-hydrogen) atoms. The average molecular weight is 282 g/mol. The lowest BCUT2D eigenvalue weighted by molar-refractivity contribution is 0.121. The third-order valence-corrected chi connectivity index (χ3v) is 3.59. The fourth-order valence-corrected chi connectivity index (χ4v) is 2.41. The minimum Gasteiger partial charge on any atom is -0.438 e. The lowest BCUT2D eigenvalue weighted by atomic mass is 10.4. The SMILES string of the molecule is COCCN(CCO)Cc1ncc(-c2cccs2)o1. The molecule has 0 radical (unpaired) electrons. The Balaban J connectivity index is 1.97. The zero-order valence-electron chi connectivity index (χ0n) is 10.9. The Morgan fingerprint density at radius 3 is 3.05 bits per heavy atom. The van der Waals surface area contributed by atoms with E-state index in [1.165, 1.54) is 0 Å². The van der Waals surface area contributed by atoms with Crippen LogP contribution in [-0.2, 0) is 11.3 Å². The van der Waals surface area contributed by atoms with E-state index in [4.69, 9.17) is 14.3 Å². The van der Waals surface area contributed by atoms with Gasteiger partial charge in [0.15, 0.2) is 5.76 Å². The van der Waals surface area contributed by atoms with Crippen LogP contribution in [0.25, 0.3) is 10.6 Å². The lowest BCUT2D eigenvalue weighted by Gasteiger charge is -2.18. The third-order valence-electron chi connectivity index (χ3n) is 2.70. The van der Waals surface area contributed by atoms with E-state index in [1.54, 1.807) is 24.6 Å². The van der Waals surface area contributed by atoms with Gasteiger partial charge in [-0.1, -0.05) is 6.07 Å². The van der Waals surface area contributed by atoms with E-state index in [0.29, 0.717) is 25.6 Å². The molecule has 104 valence electrons. The van der Waals surface area contributed by atoms with Gasteiger partial charge in [-0.05, 0) is 11.4 Å². The normalized spacial score (nSPS) is 11.3. The van der Waals surface area contributed by atoms with Gasteiger partial charge >= 0.3 is 0 Å². The Kier molecular flexibility index (Phi) is 5.53.